The Hall–Kier alpha value is -2.11. The molecular formula is C25H34N4O2S2. The van der Waals surface area contributed by atoms with E-state index < -0.39 is 0 Å². The first kappa shape index (κ1) is 25.5. The molecule has 0 aliphatic carbocycles. The van der Waals surface area contributed by atoms with Crippen LogP contribution in [-0.2, 0) is 11.8 Å². The number of nitrogens with zero attached hydrogens (tertiary/aromatic N) is 4. The predicted molar refractivity (Wildman–Crippen MR) is 140 cm³/mol. The second-order valence-electron chi connectivity index (χ2n) is 9.13. The number of amides is 1. The van der Waals surface area contributed by atoms with Gasteiger partial charge < -0.3 is 4.90 Å². The van der Waals surface area contributed by atoms with Crippen molar-refractivity contribution >= 4 is 46.1 Å². The highest BCUT2D eigenvalue weighted by atomic mass is 32.2. The number of rotatable bonds is 8. The molecule has 1 aromatic heterocycles. The average Bonchev–Trinajstić information content (AvgIpc) is 3.06. The summed E-state index contributed by atoms with van der Waals surface area (Å²) in [6, 6.07) is 2.07. The molecule has 0 aromatic carbocycles. The molecular weight excluding hydrogens is 452 g/mol. The standard InChI is InChI=1S/C25H34N4O2S2/c1-5-6-7-8-9-12-29-24(31)21(33-25(29)32)15-19-18(3)20(16-26)23(30)27(4)22(19)28-13-10-17(2)11-14-28/h15,17H,5-14H2,1-4H3. The van der Waals surface area contributed by atoms with Gasteiger partial charge in [-0.05, 0) is 43.7 Å². The molecule has 3 rings (SSSR count). The van der Waals surface area contributed by atoms with E-state index >= 15 is 0 Å². The Labute approximate surface area is 206 Å². The van der Waals surface area contributed by atoms with Crippen LogP contribution in [0.25, 0.3) is 6.08 Å². The fourth-order valence-electron chi connectivity index (χ4n) is 4.51. The lowest BCUT2D eigenvalue weighted by Gasteiger charge is -2.34. The summed E-state index contributed by atoms with van der Waals surface area (Å²) in [5.74, 6) is 1.36. The minimum absolute atomic E-state index is 0.0783. The van der Waals surface area contributed by atoms with Crippen LogP contribution in [0, 0.1) is 24.2 Å². The van der Waals surface area contributed by atoms with E-state index in [1.807, 2.05) is 6.08 Å². The van der Waals surface area contributed by atoms with Gasteiger partial charge in [0.1, 0.15) is 21.8 Å². The number of hydrogen-bond donors (Lipinski definition) is 0. The maximum absolute atomic E-state index is 13.2. The van der Waals surface area contributed by atoms with Gasteiger partial charge in [-0.3, -0.25) is 19.1 Å². The number of pyridine rings is 1. The summed E-state index contributed by atoms with van der Waals surface area (Å²) in [6.07, 6.45) is 9.54. The van der Waals surface area contributed by atoms with Crippen LogP contribution < -0.4 is 10.5 Å². The lowest BCUT2D eigenvalue weighted by molar-refractivity contribution is -0.122. The SMILES string of the molecule is CCCCCCCN1C(=O)C(=Cc2c(C)c(C#N)c(=O)n(C)c2N2CCC(C)CC2)SC1=S. The summed E-state index contributed by atoms with van der Waals surface area (Å²) < 4.78 is 2.15. The van der Waals surface area contributed by atoms with Crippen molar-refractivity contribution in [3.8, 4) is 6.07 Å². The fraction of sp³-hybridized carbons (Fsp3) is 0.600. The molecule has 2 saturated heterocycles. The van der Waals surface area contributed by atoms with Gasteiger partial charge in [-0.25, -0.2) is 0 Å². The normalized spacial score (nSPS) is 18.5. The van der Waals surface area contributed by atoms with Crippen LogP contribution in [0.2, 0.25) is 0 Å². The summed E-state index contributed by atoms with van der Waals surface area (Å²) in [5, 5.41) is 9.64. The highest BCUT2D eigenvalue weighted by Crippen LogP contribution is 2.36. The predicted octanol–water partition coefficient (Wildman–Crippen LogP) is 4.97. The Morgan fingerprint density at radius 1 is 1.18 bits per heavy atom. The second kappa shape index (κ2) is 11.3. The van der Waals surface area contributed by atoms with E-state index in [0.29, 0.717) is 27.3 Å². The molecule has 3 heterocycles. The topological polar surface area (TPSA) is 69.3 Å². The number of thioether (sulfide) groups is 1. The van der Waals surface area contributed by atoms with Gasteiger partial charge in [0.2, 0.25) is 0 Å². The maximum atomic E-state index is 13.2. The first-order valence-corrected chi connectivity index (χ1v) is 13.2. The third-order valence-electron chi connectivity index (χ3n) is 6.69. The van der Waals surface area contributed by atoms with E-state index in [2.05, 4.69) is 24.8 Å². The number of aromatic nitrogens is 1. The molecule has 2 fully saturated rings. The average molecular weight is 487 g/mol. The molecule has 0 saturated carbocycles. The van der Waals surface area contributed by atoms with E-state index in [0.717, 1.165) is 50.2 Å². The van der Waals surface area contributed by atoms with Crippen molar-refractivity contribution < 1.29 is 4.79 Å². The lowest BCUT2D eigenvalue weighted by Crippen LogP contribution is -2.38. The molecule has 6 nitrogen and oxygen atoms in total. The Kier molecular flexibility index (Phi) is 8.77. The lowest BCUT2D eigenvalue weighted by atomic mass is 9.97. The van der Waals surface area contributed by atoms with Gasteiger partial charge in [0.15, 0.2) is 0 Å². The van der Waals surface area contributed by atoms with Gasteiger partial charge in [-0.2, -0.15) is 5.26 Å². The first-order valence-electron chi connectivity index (χ1n) is 11.9. The molecule has 178 valence electrons. The molecule has 8 heteroatoms. The number of unbranched alkanes of at least 4 members (excludes halogenated alkanes) is 4. The van der Waals surface area contributed by atoms with Crippen LogP contribution in [0.3, 0.4) is 0 Å². The number of hydrogen-bond acceptors (Lipinski definition) is 6. The molecule has 0 spiro atoms. The van der Waals surface area contributed by atoms with Crippen LogP contribution in [0.4, 0.5) is 5.82 Å². The van der Waals surface area contributed by atoms with Crippen LogP contribution in [0.1, 0.15) is 75.5 Å². The van der Waals surface area contributed by atoms with Gasteiger partial charge in [0.25, 0.3) is 11.5 Å². The maximum Gasteiger partial charge on any atom is 0.270 e. The number of carbonyl (C=O) groups is 1. The Morgan fingerprint density at radius 3 is 2.48 bits per heavy atom. The van der Waals surface area contributed by atoms with E-state index in [-0.39, 0.29) is 17.0 Å². The highest BCUT2D eigenvalue weighted by Gasteiger charge is 2.33. The monoisotopic (exact) mass is 486 g/mol. The molecule has 1 amide bonds. The summed E-state index contributed by atoms with van der Waals surface area (Å²) in [4.78, 5) is 30.6. The number of thiocarbonyl (C=S) groups is 1. The van der Waals surface area contributed by atoms with E-state index in [4.69, 9.17) is 12.2 Å². The minimum Gasteiger partial charge on any atom is -0.357 e. The molecule has 0 atom stereocenters. The van der Waals surface area contributed by atoms with Gasteiger partial charge in [-0.1, -0.05) is 63.5 Å². The highest BCUT2D eigenvalue weighted by molar-refractivity contribution is 8.26. The number of piperidine rings is 1. The van der Waals surface area contributed by atoms with Gasteiger partial charge in [-0.15, -0.1) is 0 Å². The summed E-state index contributed by atoms with van der Waals surface area (Å²) in [7, 11) is 1.72. The summed E-state index contributed by atoms with van der Waals surface area (Å²) in [5.41, 5.74) is 1.23. The molecule has 2 aliphatic rings. The molecule has 1 aromatic rings. The quantitative estimate of drug-likeness (QED) is 0.293. The van der Waals surface area contributed by atoms with E-state index in [1.165, 1.54) is 31.0 Å². The Morgan fingerprint density at radius 2 is 1.85 bits per heavy atom. The largest absolute Gasteiger partial charge is 0.357 e. The van der Waals surface area contributed by atoms with E-state index in [9.17, 15) is 14.9 Å². The summed E-state index contributed by atoms with van der Waals surface area (Å²) in [6.45, 7) is 8.56. The Bertz CT molecular complexity index is 1050. The fourth-order valence-corrected chi connectivity index (χ4v) is 5.80. The molecule has 0 radical (unpaired) electrons. The van der Waals surface area contributed by atoms with Crippen LogP contribution in [0.5, 0.6) is 0 Å². The third kappa shape index (κ3) is 5.52. The van der Waals surface area contributed by atoms with Gasteiger partial charge in [0, 0.05) is 32.2 Å². The van der Waals surface area contributed by atoms with Crippen molar-refractivity contribution in [3.63, 3.8) is 0 Å². The van der Waals surface area contributed by atoms with Crippen molar-refractivity contribution in [1.82, 2.24) is 9.47 Å². The Balaban J connectivity index is 1.96. The number of carbonyl (C=O) groups excluding carboxylic acids is 1. The molecule has 2 aliphatic heterocycles. The summed E-state index contributed by atoms with van der Waals surface area (Å²) >= 11 is 6.83. The van der Waals surface area contributed by atoms with Crippen LogP contribution >= 0.6 is 24.0 Å². The molecule has 33 heavy (non-hydrogen) atoms. The smallest absolute Gasteiger partial charge is 0.270 e. The number of nitriles is 1. The van der Waals surface area contributed by atoms with Crippen molar-refractivity contribution in [1.29, 1.82) is 5.26 Å². The first-order chi connectivity index (χ1) is 15.8. The molecule has 0 unspecified atom stereocenters. The van der Waals surface area contributed by atoms with E-state index in [1.54, 1.807) is 23.4 Å². The van der Waals surface area contributed by atoms with Crippen molar-refractivity contribution in [2.75, 3.05) is 24.5 Å². The van der Waals surface area contributed by atoms with Crippen molar-refractivity contribution in [2.24, 2.45) is 13.0 Å². The zero-order valence-corrected chi connectivity index (χ0v) is 21.8. The van der Waals surface area contributed by atoms with Gasteiger partial charge in [0.05, 0.1) is 4.91 Å². The molecule has 0 bridgehead atoms. The zero-order chi connectivity index (χ0) is 24.1. The van der Waals surface area contributed by atoms with Crippen LogP contribution in [-0.4, -0.2) is 39.3 Å². The second-order valence-corrected chi connectivity index (χ2v) is 10.8. The van der Waals surface area contributed by atoms with Gasteiger partial charge >= 0.3 is 0 Å². The minimum atomic E-state index is -0.291. The third-order valence-corrected chi connectivity index (χ3v) is 8.06. The number of anilines is 1. The molecule has 0 N–H and O–H groups in total. The van der Waals surface area contributed by atoms with Crippen LogP contribution in [0.15, 0.2) is 9.70 Å². The van der Waals surface area contributed by atoms with Crippen molar-refractivity contribution in [3.05, 3.63) is 31.9 Å². The van der Waals surface area contributed by atoms with Crippen molar-refractivity contribution in [2.45, 2.75) is 65.7 Å². The zero-order valence-electron chi connectivity index (χ0n) is 20.1.